The van der Waals surface area contributed by atoms with Crippen LogP contribution < -0.4 is 15.8 Å². The minimum absolute atomic E-state index is 0.00953. The van der Waals surface area contributed by atoms with Crippen LogP contribution in [0.15, 0.2) is 36.4 Å². The van der Waals surface area contributed by atoms with Gasteiger partial charge in [-0.25, -0.2) is 0 Å². The van der Waals surface area contributed by atoms with Crippen molar-refractivity contribution in [3.63, 3.8) is 0 Å². The van der Waals surface area contributed by atoms with E-state index >= 15 is 0 Å². The van der Waals surface area contributed by atoms with E-state index in [1.165, 1.54) is 12.1 Å². The van der Waals surface area contributed by atoms with E-state index in [1.807, 2.05) is 6.92 Å². The molecule has 0 bridgehead atoms. The Bertz CT molecular complexity index is 792. The smallest absolute Gasteiger partial charge is 0.292 e. The molecule has 0 aromatic heterocycles. The zero-order valence-corrected chi connectivity index (χ0v) is 13.9. The van der Waals surface area contributed by atoms with E-state index in [4.69, 9.17) is 15.2 Å². The molecule has 0 unspecified atom stereocenters. The Balaban J connectivity index is 2.12. The van der Waals surface area contributed by atoms with Gasteiger partial charge in [-0.1, -0.05) is 0 Å². The zero-order chi connectivity index (χ0) is 18.4. The van der Waals surface area contributed by atoms with E-state index < -0.39 is 10.8 Å². The third-order valence-corrected chi connectivity index (χ3v) is 3.49. The molecule has 132 valence electrons. The summed E-state index contributed by atoms with van der Waals surface area (Å²) in [4.78, 5) is 22.6. The van der Waals surface area contributed by atoms with Gasteiger partial charge >= 0.3 is 0 Å². The van der Waals surface area contributed by atoms with Crippen LogP contribution in [0.3, 0.4) is 0 Å². The second-order valence-corrected chi connectivity index (χ2v) is 5.30. The van der Waals surface area contributed by atoms with Gasteiger partial charge in [-0.15, -0.1) is 0 Å². The van der Waals surface area contributed by atoms with Crippen molar-refractivity contribution in [2.24, 2.45) is 0 Å². The van der Waals surface area contributed by atoms with Gasteiger partial charge in [-0.05, 0) is 42.8 Å². The summed E-state index contributed by atoms with van der Waals surface area (Å²) >= 11 is 0. The minimum Gasteiger partial charge on any atom is -0.491 e. The summed E-state index contributed by atoms with van der Waals surface area (Å²) in [5, 5.41) is 13.6. The number of nitrogens with two attached hydrogens (primary N) is 1. The van der Waals surface area contributed by atoms with E-state index in [0.717, 1.165) is 11.6 Å². The second-order valence-electron chi connectivity index (χ2n) is 5.30. The molecule has 8 nitrogen and oxygen atoms in total. The molecule has 8 heteroatoms. The number of nitrogens with one attached hydrogen (secondary N) is 1. The average Bonchev–Trinajstić information content (AvgIpc) is 2.57. The number of ether oxygens (including phenoxy) is 2. The molecule has 3 N–H and O–H groups in total. The molecule has 0 aliphatic rings. The first-order chi connectivity index (χ1) is 11.9. The third-order valence-electron chi connectivity index (χ3n) is 3.49. The number of anilines is 2. The van der Waals surface area contributed by atoms with Crippen molar-refractivity contribution in [1.82, 2.24) is 0 Å². The normalized spacial score (nSPS) is 10.3. The van der Waals surface area contributed by atoms with E-state index in [2.05, 4.69) is 5.32 Å². The predicted molar refractivity (Wildman–Crippen MR) is 94.0 cm³/mol. The lowest BCUT2D eigenvalue weighted by Crippen LogP contribution is -2.13. The molecule has 0 aliphatic carbocycles. The molecule has 0 radical (unpaired) electrons. The molecule has 2 rings (SSSR count). The van der Waals surface area contributed by atoms with Gasteiger partial charge in [0, 0.05) is 24.4 Å². The van der Waals surface area contributed by atoms with Crippen LogP contribution >= 0.6 is 0 Å². The highest BCUT2D eigenvalue weighted by Crippen LogP contribution is 2.25. The van der Waals surface area contributed by atoms with Gasteiger partial charge in [0.1, 0.15) is 18.0 Å². The quantitative estimate of drug-likeness (QED) is 0.345. The SMILES string of the molecule is COCCOc1ccc(NC(=O)c2ccc(N)c([N+](=O)[O-])c2)c(C)c1. The lowest BCUT2D eigenvalue weighted by atomic mass is 10.1. The van der Waals surface area contributed by atoms with Gasteiger partial charge in [0.2, 0.25) is 0 Å². The number of nitrogens with zero attached hydrogens (tertiary/aromatic N) is 1. The molecular formula is C17H19N3O5. The predicted octanol–water partition coefficient (Wildman–Crippen LogP) is 2.76. The van der Waals surface area contributed by atoms with E-state index in [0.29, 0.717) is 24.7 Å². The molecule has 0 aliphatic heterocycles. The maximum atomic E-state index is 12.3. The lowest BCUT2D eigenvalue weighted by molar-refractivity contribution is -0.383. The number of amides is 1. The number of aryl methyl sites for hydroxylation is 1. The fourth-order valence-corrected chi connectivity index (χ4v) is 2.15. The number of hydrogen-bond donors (Lipinski definition) is 2. The van der Waals surface area contributed by atoms with Crippen LogP contribution in [0.1, 0.15) is 15.9 Å². The van der Waals surface area contributed by atoms with Crippen molar-refractivity contribution in [1.29, 1.82) is 0 Å². The number of rotatable bonds is 7. The van der Waals surface area contributed by atoms with Crippen molar-refractivity contribution < 1.29 is 19.2 Å². The summed E-state index contributed by atoms with van der Waals surface area (Å²) in [6.07, 6.45) is 0. The Kier molecular flexibility index (Phi) is 5.91. The summed E-state index contributed by atoms with van der Waals surface area (Å²) < 4.78 is 10.4. The maximum absolute atomic E-state index is 12.3. The van der Waals surface area contributed by atoms with Crippen LogP contribution in [-0.4, -0.2) is 31.2 Å². The van der Waals surface area contributed by atoms with Gasteiger partial charge in [0.05, 0.1) is 11.5 Å². The van der Waals surface area contributed by atoms with Crippen molar-refractivity contribution in [3.8, 4) is 5.75 Å². The molecule has 1 amide bonds. The lowest BCUT2D eigenvalue weighted by Gasteiger charge is -2.11. The standard InChI is InChI=1S/C17H19N3O5/c1-11-9-13(25-8-7-24-2)4-6-15(11)19-17(21)12-3-5-14(18)16(10-12)20(22)23/h3-6,9-10H,7-8,18H2,1-2H3,(H,19,21). The number of nitrogen functional groups attached to an aromatic ring is 1. The van der Waals surface area contributed by atoms with E-state index in [-0.39, 0.29) is 16.9 Å². The first kappa shape index (κ1) is 18.2. The minimum atomic E-state index is -0.622. The Labute approximate surface area is 144 Å². The van der Waals surface area contributed by atoms with Gasteiger partial charge in [0.15, 0.2) is 0 Å². The van der Waals surface area contributed by atoms with Crippen LogP contribution in [0, 0.1) is 17.0 Å². The van der Waals surface area contributed by atoms with Crippen molar-refractivity contribution in [3.05, 3.63) is 57.6 Å². The summed E-state index contributed by atoms with van der Waals surface area (Å²) in [6.45, 7) is 2.73. The molecule has 2 aromatic carbocycles. The number of methoxy groups -OCH3 is 1. The molecule has 0 spiro atoms. The van der Waals surface area contributed by atoms with Crippen LogP contribution in [0.4, 0.5) is 17.1 Å². The second kappa shape index (κ2) is 8.11. The number of nitro groups is 1. The average molecular weight is 345 g/mol. The van der Waals surface area contributed by atoms with Crippen molar-refractivity contribution in [2.45, 2.75) is 6.92 Å². The number of hydrogen-bond acceptors (Lipinski definition) is 6. The van der Waals surface area contributed by atoms with Gasteiger partial charge in [-0.2, -0.15) is 0 Å². The van der Waals surface area contributed by atoms with Crippen LogP contribution in [0.2, 0.25) is 0 Å². The number of benzene rings is 2. The van der Waals surface area contributed by atoms with Crippen molar-refractivity contribution >= 4 is 23.0 Å². The molecule has 0 atom stereocenters. The fraction of sp³-hybridized carbons (Fsp3) is 0.235. The molecule has 0 saturated carbocycles. The molecule has 25 heavy (non-hydrogen) atoms. The van der Waals surface area contributed by atoms with E-state index in [1.54, 1.807) is 25.3 Å². The molecule has 0 heterocycles. The highest BCUT2D eigenvalue weighted by molar-refractivity contribution is 6.05. The van der Waals surface area contributed by atoms with Gasteiger partial charge in [0.25, 0.3) is 11.6 Å². The maximum Gasteiger partial charge on any atom is 0.292 e. The Morgan fingerprint density at radius 2 is 2.00 bits per heavy atom. The summed E-state index contributed by atoms with van der Waals surface area (Å²) in [6, 6.07) is 9.16. The number of carbonyl (C=O) groups is 1. The third kappa shape index (κ3) is 4.67. The largest absolute Gasteiger partial charge is 0.491 e. The molecule has 0 fully saturated rings. The van der Waals surface area contributed by atoms with Crippen LogP contribution in [0.25, 0.3) is 0 Å². The topological polar surface area (TPSA) is 117 Å². The van der Waals surface area contributed by atoms with Crippen LogP contribution in [0.5, 0.6) is 5.75 Å². The van der Waals surface area contributed by atoms with Crippen molar-refractivity contribution in [2.75, 3.05) is 31.4 Å². The Morgan fingerprint density at radius 1 is 1.24 bits per heavy atom. The number of carbonyl (C=O) groups excluding carboxylic acids is 1. The highest BCUT2D eigenvalue weighted by Gasteiger charge is 2.16. The monoisotopic (exact) mass is 345 g/mol. The summed E-state index contributed by atoms with van der Waals surface area (Å²) in [5.41, 5.74) is 6.79. The van der Waals surface area contributed by atoms with Gasteiger partial charge in [-0.3, -0.25) is 14.9 Å². The first-order valence-corrected chi connectivity index (χ1v) is 7.50. The van der Waals surface area contributed by atoms with Crippen LogP contribution in [-0.2, 0) is 4.74 Å². The van der Waals surface area contributed by atoms with Gasteiger partial charge < -0.3 is 20.5 Å². The van der Waals surface area contributed by atoms with E-state index in [9.17, 15) is 14.9 Å². The summed E-state index contributed by atoms with van der Waals surface area (Å²) in [5.74, 6) is 0.204. The molecular weight excluding hydrogens is 326 g/mol. The Morgan fingerprint density at radius 3 is 2.64 bits per heavy atom. The highest BCUT2D eigenvalue weighted by atomic mass is 16.6. The number of nitro benzene ring substituents is 1. The summed E-state index contributed by atoms with van der Waals surface area (Å²) in [7, 11) is 1.59. The first-order valence-electron chi connectivity index (χ1n) is 7.50. The Hall–Kier alpha value is -3.13. The molecule has 0 saturated heterocycles. The fourth-order valence-electron chi connectivity index (χ4n) is 2.15. The zero-order valence-electron chi connectivity index (χ0n) is 13.9. The molecule has 2 aromatic rings.